The lowest BCUT2D eigenvalue weighted by Gasteiger charge is -2.36. The number of nitrogens with zero attached hydrogens (tertiary/aromatic N) is 6. The number of piperidine rings is 1. The SMILES string of the molecule is C[C@@H](c1cccc(N2Cc3c(cc(CN4CCC(F)(F)[C@H](C)C4)nc3C3CC3)C2=O)c1)c1nncn1C. The third kappa shape index (κ3) is 4.43. The van der Waals surface area contributed by atoms with E-state index in [1.807, 2.05) is 39.6 Å². The van der Waals surface area contributed by atoms with E-state index >= 15 is 0 Å². The molecule has 1 aromatic carbocycles. The fourth-order valence-electron chi connectivity index (χ4n) is 5.70. The fraction of sp³-hybridized carbons (Fsp3) is 0.500. The van der Waals surface area contributed by atoms with E-state index in [9.17, 15) is 13.6 Å². The van der Waals surface area contributed by atoms with Crippen molar-refractivity contribution in [1.82, 2.24) is 24.6 Å². The van der Waals surface area contributed by atoms with Crippen LogP contribution in [0.15, 0.2) is 36.7 Å². The molecule has 3 aromatic rings. The summed E-state index contributed by atoms with van der Waals surface area (Å²) in [6, 6.07) is 9.95. The molecule has 1 saturated heterocycles. The fourth-order valence-corrected chi connectivity index (χ4v) is 5.70. The number of carbonyl (C=O) groups excluding carboxylic acids is 1. The van der Waals surface area contributed by atoms with Crippen LogP contribution in [0.1, 0.15) is 83.6 Å². The van der Waals surface area contributed by atoms with Gasteiger partial charge in [0.15, 0.2) is 0 Å². The maximum Gasteiger partial charge on any atom is 0.259 e. The average Bonchev–Trinajstić information content (AvgIpc) is 3.56. The van der Waals surface area contributed by atoms with Gasteiger partial charge in [-0.15, -0.1) is 10.2 Å². The topological polar surface area (TPSA) is 67.2 Å². The van der Waals surface area contributed by atoms with Crippen molar-refractivity contribution >= 4 is 11.6 Å². The number of halogens is 2. The van der Waals surface area contributed by atoms with Crippen LogP contribution < -0.4 is 4.90 Å². The maximum absolute atomic E-state index is 14.0. The summed E-state index contributed by atoms with van der Waals surface area (Å²) in [6.07, 6.45) is 3.71. The van der Waals surface area contributed by atoms with Gasteiger partial charge < -0.3 is 9.47 Å². The second-order valence-corrected chi connectivity index (χ2v) is 11.0. The first-order valence-electron chi connectivity index (χ1n) is 13.1. The number of rotatable bonds is 6. The standard InChI is InChI=1S/C28H32F2N6O/c1-17-13-35(10-9-28(17,29)30)14-21-12-23-24(25(32-21)19-7-8-19)15-36(27(23)37)22-6-4-5-20(11-22)18(2)26-33-31-16-34(26)3/h4-6,11-12,16-19H,7-10,13-15H2,1-3H3/t17-,18+/m1/s1. The molecule has 2 aromatic heterocycles. The third-order valence-corrected chi connectivity index (χ3v) is 8.18. The van der Waals surface area contributed by atoms with Crippen molar-refractivity contribution in [3.63, 3.8) is 0 Å². The van der Waals surface area contributed by atoms with Crippen LogP contribution in [0.25, 0.3) is 0 Å². The van der Waals surface area contributed by atoms with Crippen LogP contribution in [0.4, 0.5) is 14.5 Å². The molecule has 0 N–H and O–H groups in total. The molecule has 194 valence electrons. The first-order valence-corrected chi connectivity index (χ1v) is 13.1. The minimum absolute atomic E-state index is 0.0254. The highest BCUT2D eigenvalue weighted by molar-refractivity contribution is 6.10. The van der Waals surface area contributed by atoms with Gasteiger partial charge in [-0.1, -0.05) is 26.0 Å². The Morgan fingerprint density at radius 1 is 1.22 bits per heavy atom. The highest BCUT2D eigenvalue weighted by Gasteiger charge is 2.42. The molecule has 9 heteroatoms. The predicted octanol–water partition coefficient (Wildman–Crippen LogP) is 4.88. The summed E-state index contributed by atoms with van der Waals surface area (Å²) in [5.74, 6) is -2.05. The lowest BCUT2D eigenvalue weighted by Crippen LogP contribution is -2.45. The Balaban J connectivity index is 1.27. The normalized spacial score (nSPS) is 22.4. The van der Waals surface area contributed by atoms with Crippen molar-refractivity contribution in [3.05, 3.63) is 70.6 Å². The lowest BCUT2D eigenvalue weighted by molar-refractivity contribution is -0.100. The Morgan fingerprint density at radius 2 is 2.03 bits per heavy atom. The number of hydrogen-bond donors (Lipinski definition) is 0. The van der Waals surface area contributed by atoms with Crippen LogP contribution in [0.2, 0.25) is 0 Å². The number of benzene rings is 1. The molecule has 4 heterocycles. The van der Waals surface area contributed by atoms with Crippen LogP contribution in [-0.4, -0.2) is 49.6 Å². The largest absolute Gasteiger partial charge is 0.320 e. The Labute approximate surface area is 215 Å². The van der Waals surface area contributed by atoms with Crippen molar-refractivity contribution in [2.45, 2.75) is 64.0 Å². The molecule has 3 aliphatic rings. The van der Waals surface area contributed by atoms with Gasteiger partial charge in [0.1, 0.15) is 12.2 Å². The second-order valence-electron chi connectivity index (χ2n) is 11.0. The number of likely N-dealkylation sites (tertiary alicyclic amines) is 1. The summed E-state index contributed by atoms with van der Waals surface area (Å²) in [5.41, 5.74) is 5.45. The van der Waals surface area contributed by atoms with E-state index in [0.29, 0.717) is 37.7 Å². The van der Waals surface area contributed by atoms with Gasteiger partial charge in [0.2, 0.25) is 0 Å². The van der Waals surface area contributed by atoms with Crippen molar-refractivity contribution < 1.29 is 13.6 Å². The molecule has 7 nitrogen and oxygen atoms in total. The Kier molecular flexibility index (Phi) is 5.86. The molecule has 2 fully saturated rings. The molecule has 2 atom stereocenters. The number of aromatic nitrogens is 4. The summed E-state index contributed by atoms with van der Waals surface area (Å²) in [5, 5.41) is 8.25. The zero-order valence-corrected chi connectivity index (χ0v) is 21.5. The summed E-state index contributed by atoms with van der Waals surface area (Å²) in [4.78, 5) is 22.6. The number of aryl methyl sites for hydroxylation is 1. The molecular weight excluding hydrogens is 474 g/mol. The van der Waals surface area contributed by atoms with Gasteiger partial charge in [-0.25, -0.2) is 8.78 Å². The summed E-state index contributed by atoms with van der Waals surface area (Å²) < 4.78 is 29.9. The van der Waals surface area contributed by atoms with Crippen molar-refractivity contribution in [3.8, 4) is 0 Å². The van der Waals surface area contributed by atoms with E-state index in [4.69, 9.17) is 4.98 Å². The van der Waals surface area contributed by atoms with Gasteiger partial charge in [-0.2, -0.15) is 0 Å². The van der Waals surface area contributed by atoms with Crippen LogP contribution in [0.5, 0.6) is 0 Å². The molecule has 0 spiro atoms. The van der Waals surface area contributed by atoms with Gasteiger partial charge in [-0.05, 0) is 36.6 Å². The summed E-state index contributed by atoms with van der Waals surface area (Å²) in [7, 11) is 1.93. The Morgan fingerprint density at radius 3 is 2.73 bits per heavy atom. The van der Waals surface area contributed by atoms with Crippen LogP contribution >= 0.6 is 0 Å². The Hall–Kier alpha value is -3.20. The lowest BCUT2D eigenvalue weighted by atomic mass is 9.95. The van der Waals surface area contributed by atoms with E-state index in [1.54, 1.807) is 13.3 Å². The quantitative estimate of drug-likeness (QED) is 0.477. The molecule has 1 amide bonds. The number of anilines is 1. The second kappa shape index (κ2) is 8.97. The minimum atomic E-state index is -2.61. The molecular formula is C28H32F2N6O. The smallest absolute Gasteiger partial charge is 0.259 e. The van der Waals surface area contributed by atoms with Crippen molar-refractivity contribution in [2.75, 3.05) is 18.0 Å². The van der Waals surface area contributed by atoms with Gasteiger partial charge in [0, 0.05) is 73.4 Å². The molecule has 6 rings (SSSR count). The third-order valence-electron chi connectivity index (χ3n) is 8.18. The van der Waals surface area contributed by atoms with Crippen LogP contribution in [0, 0.1) is 5.92 Å². The average molecular weight is 507 g/mol. The first kappa shape index (κ1) is 24.2. The van der Waals surface area contributed by atoms with Crippen molar-refractivity contribution in [2.24, 2.45) is 13.0 Å². The number of alkyl halides is 2. The number of fused-ring (bicyclic) bond motifs is 1. The van der Waals surface area contributed by atoms with E-state index in [1.165, 1.54) is 0 Å². The van der Waals surface area contributed by atoms with Gasteiger partial charge in [0.05, 0.1) is 12.2 Å². The van der Waals surface area contributed by atoms with E-state index in [2.05, 4.69) is 29.3 Å². The monoisotopic (exact) mass is 506 g/mol. The first-order chi connectivity index (χ1) is 17.7. The molecule has 0 bridgehead atoms. The van der Waals surface area contributed by atoms with E-state index in [-0.39, 0.29) is 18.2 Å². The summed E-state index contributed by atoms with van der Waals surface area (Å²) >= 11 is 0. The molecule has 1 saturated carbocycles. The number of hydrogen-bond acceptors (Lipinski definition) is 5. The van der Waals surface area contributed by atoms with Crippen LogP contribution in [-0.2, 0) is 20.1 Å². The zero-order chi connectivity index (χ0) is 25.9. The van der Waals surface area contributed by atoms with Gasteiger partial charge >= 0.3 is 0 Å². The van der Waals surface area contributed by atoms with Gasteiger partial charge in [0.25, 0.3) is 11.8 Å². The number of pyridine rings is 1. The summed E-state index contributed by atoms with van der Waals surface area (Å²) in [6.45, 7) is 5.36. The predicted molar refractivity (Wildman–Crippen MR) is 136 cm³/mol. The van der Waals surface area contributed by atoms with Gasteiger partial charge in [-0.3, -0.25) is 14.7 Å². The number of carbonyl (C=O) groups is 1. The maximum atomic E-state index is 14.0. The zero-order valence-electron chi connectivity index (χ0n) is 21.5. The molecule has 2 aliphatic heterocycles. The van der Waals surface area contributed by atoms with E-state index in [0.717, 1.165) is 46.9 Å². The molecule has 37 heavy (non-hydrogen) atoms. The highest BCUT2D eigenvalue weighted by Crippen LogP contribution is 2.44. The molecule has 0 unspecified atom stereocenters. The van der Waals surface area contributed by atoms with E-state index < -0.39 is 11.8 Å². The van der Waals surface area contributed by atoms with Crippen LogP contribution in [0.3, 0.4) is 0 Å². The minimum Gasteiger partial charge on any atom is -0.320 e. The Bertz CT molecular complexity index is 1350. The van der Waals surface area contributed by atoms with Crippen molar-refractivity contribution in [1.29, 1.82) is 0 Å². The highest BCUT2D eigenvalue weighted by atomic mass is 19.3. The number of amides is 1. The molecule has 1 aliphatic carbocycles. The molecule has 0 radical (unpaired) electrons.